The Labute approximate surface area is 193 Å². The van der Waals surface area contributed by atoms with E-state index in [1.165, 1.54) is 13.1 Å². The highest BCUT2D eigenvalue weighted by molar-refractivity contribution is 7.89. The molecule has 1 aliphatic rings. The van der Waals surface area contributed by atoms with Crippen molar-refractivity contribution in [1.29, 1.82) is 0 Å². The predicted molar refractivity (Wildman–Crippen MR) is 124 cm³/mol. The second kappa shape index (κ2) is 10.8. The second-order valence-electron chi connectivity index (χ2n) is 8.42. The van der Waals surface area contributed by atoms with Gasteiger partial charge in [-0.2, -0.15) is 5.10 Å². The quantitative estimate of drug-likeness (QED) is 0.355. The van der Waals surface area contributed by atoms with E-state index < -0.39 is 16.1 Å². The Kier molecular flexibility index (Phi) is 8.09. The number of hydrogen-bond donors (Lipinski definition) is 5. The van der Waals surface area contributed by atoms with Gasteiger partial charge in [-0.05, 0) is 56.7 Å². The van der Waals surface area contributed by atoms with Crippen LogP contribution < -0.4 is 15.4 Å². The van der Waals surface area contributed by atoms with Crippen molar-refractivity contribution in [1.82, 2.24) is 20.2 Å². The van der Waals surface area contributed by atoms with Gasteiger partial charge in [0.05, 0.1) is 11.3 Å². The molecule has 1 saturated carbocycles. The minimum Gasteiger partial charge on any atom is -0.465 e. The number of sulfonamides is 1. The summed E-state index contributed by atoms with van der Waals surface area (Å²) in [6.07, 6.45) is 3.40. The van der Waals surface area contributed by atoms with Crippen molar-refractivity contribution in [2.45, 2.75) is 62.3 Å². The Morgan fingerprint density at radius 2 is 2.03 bits per heavy atom. The van der Waals surface area contributed by atoms with Crippen molar-refractivity contribution in [2.24, 2.45) is 5.92 Å². The number of benzene rings is 1. The van der Waals surface area contributed by atoms with Crippen molar-refractivity contribution in [2.75, 3.05) is 12.4 Å². The lowest BCUT2D eigenvalue weighted by atomic mass is 9.95. The van der Waals surface area contributed by atoms with Crippen LogP contribution in [0, 0.1) is 5.92 Å². The van der Waals surface area contributed by atoms with Gasteiger partial charge in [-0.3, -0.25) is 9.89 Å². The number of carboxylic acid groups (broad SMARTS) is 1. The first-order valence-corrected chi connectivity index (χ1v) is 12.6. The van der Waals surface area contributed by atoms with Gasteiger partial charge in [0, 0.05) is 23.7 Å². The Morgan fingerprint density at radius 3 is 2.73 bits per heavy atom. The third-order valence-electron chi connectivity index (χ3n) is 6.17. The number of hydrogen-bond acceptors (Lipinski definition) is 5. The zero-order valence-corrected chi connectivity index (χ0v) is 19.6. The van der Waals surface area contributed by atoms with E-state index in [9.17, 15) is 18.0 Å². The molecule has 1 fully saturated rings. The molecule has 180 valence electrons. The summed E-state index contributed by atoms with van der Waals surface area (Å²) in [5.41, 5.74) is 1.34. The van der Waals surface area contributed by atoms with Crippen LogP contribution in [-0.4, -0.2) is 48.8 Å². The lowest BCUT2D eigenvalue weighted by Gasteiger charge is -2.19. The molecular formula is C22H31N5O5S. The SMILES string of the molecule is CCC(CC1CCC(c2cc(NC(=O)Cc3ccccc3S(=O)(=O)NC)n[nH]2)C1)NC(=O)O. The van der Waals surface area contributed by atoms with Gasteiger partial charge >= 0.3 is 6.09 Å². The van der Waals surface area contributed by atoms with Gasteiger partial charge in [0.15, 0.2) is 5.82 Å². The summed E-state index contributed by atoms with van der Waals surface area (Å²) in [5, 5.41) is 21.5. The van der Waals surface area contributed by atoms with E-state index in [1.54, 1.807) is 18.2 Å². The molecule has 0 radical (unpaired) electrons. The van der Waals surface area contributed by atoms with Crippen LogP contribution >= 0.6 is 0 Å². The Bertz CT molecular complexity index is 1080. The maximum absolute atomic E-state index is 12.5. The lowest BCUT2D eigenvalue weighted by molar-refractivity contribution is -0.115. The largest absolute Gasteiger partial charge is 0.465 e. The van der Waals surface area contributed by atoms with E-state index in [-0.39, 0.29) is 29.2 Å². The number of nitrogens with zero attached hydrogens (tertiary/aromatic N) is 1. The summed E-state index contributed by atoms with van der Waals surface area (Å²) in [5.74, 6) is 0.740. The van der Waals surface area contributed by atoms with Gasteiger partial charge < -0.3 is 15.7 Å². The minimum atomic E-state index is -3.67. The molecule has 1 aromatic heterocycles. The molecular weight excluding hydrogens is 446 g/mol. The monoisotopic (exact) mass is 477 g/mol. The Balaban J connectivity index is 1.58. The molecule has 11 heteroatoms. The first kappa shape index (κ1) is 24.7. The molecule has 1 aromatic carbocycles. The Morgan fingerprint density at radius 1 is 1.27 bits per heavy atom. The third-order valence-corrected chi connectivity index (χ3v) is 7.68. The van der Waals surface area contributed by atoms with Gasteiger partial charge in [0.25, 0.3) is 0 Å². The van der Waals surface area contributed by atoms with E-state index >= 15 is 0 Å². The van der Waals surface area contributed by atoms with Crippen LogP contribution in [0.5, 0.6) is 0 Å². The molecule has 1 heterocycles. The van der Waals surface area contributed by atoms with Crippen molar-refractivity contribution in [3.8, 4) is 0 Å². The average Bonchev–Trinajstić information content (AvgIpc) is 3.42. The number of H-pyrrole nitrogens is 1. The molecule has 5 N–H and O–H groups in total. The summed E-state index contributed by atoms with van der Waals surface area (Å²) in [4.78, 5) is 23.5. The van der Waals surface area contributed by atoms with E-state index in [2.05, 4.69) is 25.6 Å². The molecule has 1 aliphatic carbocycles. The summed E-state index contributed by atoms with van der Waals surface area (Å²) >= 11 is 0. The van der Waals surface area contributed by atoms with E-state index in [1.807, 2.05) is 13.0 Å². The molecule has 0 saturated heterocycles. The van der Waals surface area contributed by atoms with Crippen LogP contribution in [-0.2, 0) is 21.2 Å². The van der Waals surface area contributed by atoms with Crippen LogP contribution in [0.4, 0.5) is 10.6 Å². The molecule has 3 atom stereocenters. The number of nitrogens with one attached hydrogen (secondary N) is 4. The molecule has 3 unspecified atom stereocenters. The fraction of sp³-hybridized carbons (Fsp3) is 0.500. The summed E-state index contributed by atoms with van der Waals surface area (Å²) in [6, 6.07) is 8.15. The standard InChI is InChI=1S/C22H31N5O5S/c1-3-17(24-22(29)30)11-14-8-9-15(10-14)18-13-20(27-26-18)25-21(28)12-16-6-4-5-7-19(16)33(31,32)23-2/h4-7,13-15,17,23-24H,3,8-12H2,1-2H3,(H,29,30)(H2,25,26,27,28). The maximum Gasteiger partial charge on any atom is 0.404 e. The first-order chi connectivity index (χ1) is 15.7. The van der Waals surface area contributed by atoms with Gasteiger partial charge in [-0.15, -0.1) is 0 Å². The summed E-state index contributed by atoms with van der Waals surface area (Å²) in [7, 11) is -2.34. The number of rotatable bonds is 10. The molecule has 33 heavy (non-hydrogen) atoms. The van der Waals surface area contributed by atoms with Crippen LogP contribution in [0.1, 0.15) is 56.2 Å². The molecule has 2 amide bonds. The van der Waals surface area contributed by atoms with Crippen molar-refractivity contribution < 1.29 is 23.1 Å². The molecule has 2 aromatic rings. The average molecular weight is 478 g/mol. The van der Waals surface area contributed by atoms with E-state index in [0.29, 0.717) is 17.3 Å². The van der Waals surface area contributed by atoms with E-state index in [4.69, 9.17) is 5.11 Å². The number of carbonyl (C=O) groups is 2. The summed E-state index contributed by atoms with van der Waals surface area (Å²) < 4.78 is 26.6. The number of amides is 2. The molecule has 10 nitrogen and oxygen atoms in total. The minimum absolute atomic E-state index is 0.0440. The van der Waals surface area contributed by atoms with E-state index in [0.717, 1.165) is 37.8 Å². The topological polar surface area (TPSA) is 153 Å². The van der Waals surface area contributed by atoms with Crippen LogP contribution in [0.15, 0.2) is 35.2 Å². The molecule has 0 bridgehead atoms. The van der Waals surface area contributed by atoms with Crippen molar-refractivity contribution in [3.63, 3.8) is 0 Å². The number of carbonyl (C=O) groups excluding carboxylic acids is 1. The van der Waals surface area contributed by atoms with Crippen LogP contribution in [0.2, 0.25) is 0 Å². The van der Waals surface area contributed by atoms with Crippen LogP contribution in [0.3, 0.4) is 0 Å². The molecule has 0 aliphatic heterocycles. The maximum atomic E-state index is 12.5. The highest BCUT2D eigenvalue weighted by Gasteiger charge is 2.29. The number of anilines is 1. The zero-order valence-electron chi connectivity index (χ0n) is 18.8. The van der Waals surface area contributed by atoms with Gasteiger partial charge in [0.1, 0.15) is 0 Å². The highest BCUT2D eigenvalue weighted by atomic mass is 32.2. The summed E-state index contributed by atoms with van der Waals surface area (Å²) in [6.45, 7) is 1.98. The fourth-order valence-electron chi connectivity index (χ4n) is 4.47. The second-order valence-corrected chi connectivity index (χ2v) is 10.3. The van der Waals surface area contributed by atoms with Gasteiger partial charge in [0.2, 0.25) is 15.9 Å². The van der Waals surface area contributed by atoms with Crippen molar-refractivity contribution >= 4 is 27.8 Å². The lowest BCUT2D eigenvalue weighted by Crippen LogP contribution is -2.34. The van der Waals surface area contributed by atoms with Crippen LogP contribution in [0.25, 0.3) is 0 Å². The van der Waals surface area contributed by atoms with Gasteiger partial charge in [-0.1, -0.05) is 25.1 Å². The first-order valence-electron chi connectivity index (χ1n) is 11.1. The predicted octanol–water partition coefficient (Wildman–Crippen LogP) is 2.82. The van der Waals surface area contributed by atoms with Gasteiger partial charge in [-0.25, -0.2) is 17.9 Å². The smallest absolute Gasteiger partial charge is 0.404 e. The zero-order chi connectivity index (χ0) is 24.0. The van der Waals surface area contributed by atoms with Crippen molar-refractivity contribution in [3.05, 3.63) is 41.6 Å². The highest BCUT2D eigenvalue weighted by Crippen LogP contribution is 2.40. The number of aromatic amines is 1. The third kappa shape index (κ3) is 6.55. The Hall–Kier alpha value is -2.92. The molecule has 0 spiro atoms. The normalized spacial score (nSPS) is 19.2. The fourth-order valence-corrected chi connectivity index (χ4v) is 5.43. The molecule has 3 rings (SSSR count). The number of aromatic nitrogens is 2.